The molecule has 1 aromatic heterocycles. The number of hydrogen-bond acceptors (Lipinski definition) is 3. The predicted molar refractivity (Wildman–Crippen MR) is 119 cm³/mol. The fraction of sp³-hybridized carbons (Fsp3) is 0.542. The number of amides is 2. The second kappa shape index (κ2) is 9.92. The van der Waals surface area contributed by atoms with E-state index in [0.717, 1.165) is 48.6 Å². The summed E-state index contributed by atoms with van der Waals surface area (Å²) in [5, 5.41) is 7.65. The monoisotopic (exact) mass is 410 g/mol. The summed E-state index contributed by atoms with van der Waals surface area (Å²) in [5.41, 5.74) is 5.16. The number of likely N-dealkylation sites (tertiary alicyclic amines) is 1. The van der Waals surface area contributed by atoms with Crippen LogP contribution in [0.25, 0.3) is 0 Å². The molecule has 6 nitrogen and oxygen atoms in total. The zero-order chi connectivity index (χ0) is 21.7. The smallest absolute Gasteiger partial charge is 0.224 e. The van der Waals surface area contributed by atoms with Crippen LogP contribution >= 0.6 is 0 Å². The van der Waals surface area contributed by atoms with E-state index in [0.29, 0.717) is 31.7 Å². The Morgan fingerprint density at radius 1 is 1.23 bits per heavy atom. The second-order valence-corrected chi connectivity index (χ2v) is 8.75. The van der Waals surface area contributed by atoms with E-state index in [4.69, 9.17) is 0 Å². The van der Waals surface area contributed by atoms with Gasteiger partial charge in [0.2, 0.25) is 11.8 Å². The van der Waals surface area contributed by atoms with Crippen LogP contribution in [0, 0.1) is 19.8 Å². The molecule has 1 aromatic carbocycles. The van der Waals surface area contributed by atoms with Crippen molar-refractivity contribution in [3.05, 3.63) is 46.8 Å². The maximum Gasteiger partial charge on any atom is 0.224 e. The van der Waals surface area contributed by atoms with Crippen molar-refractivity contribution in [1.29, 1.82) is 0 Å². The number of aryl methyl sites for hydroxylation is 1. The molecule has 0 atom stereocenters. The van der Waals surface area contributed by atoms with Gasteiger partial charge in [-0.2, -0.15) is 5.10 Å². The van der Waals surface area contributed by atoms with Gasteiger partial charge in [0.1, 0.15) is 0 Å². The first kappa shape index (κ1) is 22.1. The molecule has 1 fully saturated rings. The van der Waals surface area contributed by atoms with E-state index in [-0.39, 0.29) is 11.8 Å². The molecule has 30 heavy (non-hydrogen) atoms. The van der Waals surface area contributed by atoms with Crippen molar-refractivity contribution in [2.24, 2.45) is 5.92 Å². The summed E-state index contributed by atoms with van der Waals surface area (Å²) in [7, 11) is 0. The predicted octanol–water partition coefficient (Wildman–Crippen LogP) is 4.24. The van der Waals surface area contributed by atoms with Crippen LogP contribution in [0.2, 0.25) is 0 Å². The van der Waals surface area contributed by atoms with E-state index >= 15 is 0 Å². The van der Waals surface area contributed by atoms with Gasteiger partial charge in [-0.3, -0.25) is 14.3 Å². The van der Waals surface area contributed by atoms with E-state index in [1.165, 1.54) is 5.56 Å². The van der Waals surface area contributed by atoms with Crippen molar-refractivity contribution >= 4 is 17.5 Å². The Kier molecular flexibility index (Phi) is 7.29. The Labute approximate surface area is 179 Å². The molecule has 2 amide bonds. The van der Waals surface area contributed by atoms with Gasteiger partial charge in [-0.1, -0.05) is 26.0 Å². The van der Waals surface area contributed by atoms with Crippen LogP contribution in [0.5, 0.6) is 0 Å². The Morgan fingerprint density at radius 3 is 2.77 bits per heavy atom. The normalized spacial score (nSPS) is 14.4. The minimum absolute atomic E-state index is 0.00314. The highest BCUT2D eigenvalue weighted by molar-refractivity contribution is 5.91. The van der Waals surface area contributed by atoms with Crippen molar-refractivity contribution in [3.8, 4) is 0 Å². The van der Waals surface area contributed by atoms with Crippen LogP contribution < -0.4 is 5.32 Å². The second-order valence-electron chi connectivity index (χ2n) is 8.75. The number of benzene rings is 1. The maximum absolute atomic E-state index is 12.5. The summed E-state index contributed by atoms with van der Waals surface area (Å²) in [6, 6.07) is 7.81. The fourth-order valence-electron chi connectivity index (χ4n) is 4.08. The number of nitrogens with one attached hydrogen (secondary N) is 1. The van der Waals surface area contributed by atoms with E-state index in [2.05, 4.69) is 35.9 Å². The molecule has 3 rings (SSSR count). The van der Waals surface area contributed by atoms with Gasteiger partial charge in [0, 0.05) is 43.9 Å². The van der Waals surface area contributed by atoms with Crippen LogP contribution in [-0.4, -0.2) is 33.0 Å². The van der Waals surface area contributed by atoms with Crippen LogP contribution in [0.15, 0.2) is 24.3 Å². The van der Waals surface area contributed by atoms with Crippen molar-refractivity contribution in [1.82, 2.24) is 14.7 Å². The fourth-order valence-corrected chi connectivity index (χ4v) is 4.08. The Hall–Kier alpha value is -2.63. The Morgan fingerprint density at radius 2 is 2.03 bits per heavy atom. The number of carbonyl (C=O) groups is 2. The van der Waals surface area contributed by atoms with Gasteiger partial charge >= 0.3 is 0 Å². The first-order valence-corrected chi connectivity index (χ1v) is 11.0. The molecular formula is C24H34N4O2. The van der Waals surface area contributed by atoms with E-state index in [1.54, 1.807) is 0 Å². The van der Waals surface area contributed by atoms with E-state index in [9.17, 15) is 9.59 Å². The van der Waals surface area contributed by atoms with Crippen LogP contribution in [0.4, 0.5) is 5.69 Å². The summed E-state index contributed by atoms with van der Waals surface area (Å²) >= 11 is 0. The zero-order valence-corrected chi connectivity index (χ0v) is 18.7. The lowest BCUT2D eigenvalue weighted by molar-refractivity contribution is -0.133. The average Bonchev–Trinajstić information content (AvgIpc) is 2.94. The standard InChI is InChI=1S/C24H34N4O2/c1-17(2)15-28-19(4)22(18(3)26-28)11-12-23(29)25-21-9-7-8-20(14-21)16-27-13-6-5-10-24(27)30/h7-9,14,17H,5-6,10-13,15-16H2,1-4H3,(H,25,29). The first-order valence-electron chi connectivity index (χ1n) is 11.0. The number of rotatable bonds is 8. The van der Waals surface area contributed by atoms with Crippen molar-refractivity contribution in [2.45, 2.75) is 72.9 Å². The number of nitrogens with zero attached hydrogens (tertiary/aromatic N) is 3. The molecule has 1 N–H and O–H groups in total. The molecule has 0 unspecified atom stereocenters. The van der Waals surface area contributed by atoms with Gasteiger partial charge in [-0.25, -0.2) is 0 Å². The first-order chi connectivity index (χ1) is 14.3. The number of carbonyl (C=O) groups excluding carboxylic acids is 2. The molecule has 2 heterocycles. The number of anilines is 1. The minimum Gasteiger partial charge on any atom is -0.338 e. The van der Waals surface area contributed by atoms with Gasteiger partial charge < -0.3 is 10.2 Å². The third-order valence-electron chi connectivity index (χ3n) is 5.68. The SMILES string of the molecule is Cc1nn(CC(C)C)c(C)c1CCC(=O)Nc1cccc(CN2CCCCC2=O)c1. The van der Waals surface area contributed by atoms with Crippen molar-refractivity contribution in [3.63, 3.8) is 0 Å². The lowest BCUT2D eigenvalue weighted by atomic mass is 10.1. The van der Waals surface area contributed by atoms with Gasteiger partial charge in [-0.05, 0) is 62.3 Å². The minimum atomic E-state index is -0.00314. The van der Waals surface area contributed by atoms with Gasteiger partial charge in [0.05, 0.1) is 5.69 Å². The third kappa shape index (κ3) is 5.71. The van der Waals surface area contributed by atoms with Gasteiger partial charge in [-0.15, -0.1) is 0 Å². The van der Waals surface area contributed by atoms with Gasteiger partial charge in [0.15, 0.2) is 0 Å². The third-order valence-corrected chi connectivity index (χ3v) is 5.68. The number of aromatic nitrogens is 2. The van der Waals surface area contributed by atoms with Crippen molar-refractivity contribution in [2.75, 3.05) is 11.9 Å². The molecule has 1 aliphatic rings. The molecule has 2 aromatic rings. The summed E-state index contributed by atoms with van der Waals surface area (Å²) in [4.78, 5) is 26.5. The number of hydrogen-bond donors (Lipinski definition) is 1. The van der Waals surface area contributed by atoms with Crippen molar-refractivity contribution < 1.29 is 9.59 Å². The molecule has 0 bridgehead atoms. The molecule has 1 aliphatic heterocycles. The molecule has 0 aliphatic carbocycles. The highest BCUT2D eigenvalue weighted by Crippen LogP contribution is 2.19. The van der Waals surface area contributed by atoms with E-state index in [1.807, 2.05) is 36.1 Å². The maximum atomic E-state index is 12.5. The zero-order valence-electron chi connectivity index (χ0n) is 18.7. The molecular weight excluding hydrogens is 376 g/mol. The molecule has 0 spiro atoms. The molecule has 0 radical (unpaired) electrons. The van der Waals surface area contributed by atoms with Crippen LogP contribution in [-0.2, 0) is 29.1 Å². The lowest BCUT2D eigenvalue weighted by Gasteiger charge is -2.26. The number of piperidine rings is 1. The summed E-state index contributed by atoms with van der Waals surface area (Å²) < 4.78 is 2.05. The molecule has 6 heteroatoms. The Balaban J connectivity index is 1.56. The highest BCUT2D eigenvalue weighted by Gasteiger charge is 2.18. The summed E-state index contributed by atoms with van der Waals surface area (Å²) in [6.45, 7) is 10.8. The quantitative estimate of drug-likeness (QED) is 0.708. The average molecular weight is 411 g/mol. The largest absolute Gasteiger partial charge is 0.338 e. The summed E-state index contributed by atoms with van der Waals surface area (Å²) in [5.74, 6) is 0.753. The Bertz CT molecular complexity index is 901. The lowest BCUT2D eigenvalue weighted by Crippen LogP contribution is -2.34. The molecule has 0 saturated carbocycles. The highest BCUT2D eigenvalue weighted by atomic mass is 16.2. The topological polar surface area (TPSA) is 67.2 Å². The van der Waals surface area contributed by atoms with Crippen LogP contribution in [0.1, 0.15) is 62.0 Å². The molecule has 162 valence electrons. The van der Waals surface area contributed by atoms with E-state index < -0.39 is 0 Å². The molecule has 1 saturated heterocycles. The van der Waals surface area contributed by atoms with Gasteiger partial charge in [0.25, 0.3) is 0 Å². The van der Waals surface area contributed by atoms with Crippen LogP contribution in [0.3, 0.4) is 0 Å². The summed E-state index contributed by atoms with van der Waals surface area (Å²) in [6.07, 6.45) is 3.80.